The summed E-state index contributed by atoms with van der Waals surface area (Å²) in [5, 5.41) is 22.3. The van der Waals surface area contributed by atoms with Crippen LogP contribution in [-0.2, 0) is 40.1 Å². The molecule has 2 aromatic carbocycles. The predicted molar refractivity (Wildman–Crippen MR) is 154 cm³/mol. The topological polar surface area (TPSA) is 46.1 Å². The first-order chi connectivity index (χ1) is 17.7. The molecule has 0 aliphatic rings. The fourth-order valence-electron chi connectivity index (χ4n) is 4.68. The van der Waals surface area contributed by atoms with Crippen LogP contribution in [0.25, 0.3) is 0 Å². The fraction of sp³-hybridized carbons (Fsp3) is 0.647. The molecule has 204 valence electrons. The molecule has 3 heteroatoms. The van der Waals surface area contributed by atoms with E-state index in [2.05, 4.69) is 26.0 Å². The maximum Gasteiger partial charge on any atom is 2.00 e. The Bertz CT molecular complexity index is 683. The number of hydrogen-bond acceptors (Lipinski definition) is 2. The van der Waals surface area contributed by atoms with Gasteiger partial charge in [0.05, 0.1) is 0 Å². The van der Waals surface area contributed by atoms with Crippen LogP contribution in [0.1, 0.15) is 141 Å². The third-order valence-electron chi connectivity index (χ3n) is 6.93. The Morgan fingerprint density at radius 3 is 1.03 bits per heavy atom. The van der Waals surface area contributed by atoms with E-state index in [-0.39, 0.29) is 38.8 Å². The first kappa shape index (κ1) is 36.0. The third kappa shape index (κ3) is 22.6. The molecule has 0 fully saturated rings. The van der Waals surface area contributed by atoms with E-state index in [9.17, 15) is 10.2 Å². The van der Waals surface area contributed by atoms with Gasteiger partial charge in [0.1, 0.15) is 0 Å². The molecule has 0 spiro atoms. The first-order valence-corrected chi connectivity index (χ1v) is 15.2. The van der Waals surface area contributed by atoms with Gasteiger partial charge in [0, 0.05) is 0 Å². The Morgan fingerprint density at radius 1 is 0.432 bits per heavy atom. The van der Waals surface area contributed by atoms with Crippen LogP contribution in [0.4, 0.5) is 0 Å². The number of aryl methyl sites for hydroxylation is 2. The second kappa shape index (κ2) is 26.6. The molecule has 0 radical (unpaired) electrons. The SMILES string of the molecule is CCCCCCCCCCCc1cccc([O-])c1.CCCCCCCCCCCc1cccc([O-])c1.[Cd+2]. The van der Waals surface area contributed by atoms with Crippen LogP contribution in [0.15, 0.2) is 48.5 Å². The van der Waals surface area contributed by atoms with Gasteiger partial charge in [-0.15, -0.1) is 11.5 Å². The van der Waals surface area contributed by atoms with Crippen LogP contribution < -0.4 is 10.2 Å². The minimum atomic E-state index is 0. The standard InChI is InChI=1S/2C17H28O.Cd/c2*1-2-3-4-5-6-7-8-9-10-12-16-13-11-14-17(18)15-16;/h2*11,13-15,18H,2-10,12H2,1H3;/q;;+2/p-2. The van der Waals surface area contributed by atoms with Crippen molar-refractivity contribution >= 4 is 0 Å². The maximum absolute atomic E-state index is 11.2. The molecular weight excluding hydrogens is 553 g/mol. The molecule has 0 aliphatic heterocycles. The van der Waals surface area contributed by atoms with E-state index >= 15 is 0 Å². The molecule has 0 heterocycles. The summed E-state index contributed by atoms with van der Waals surface area (Å²) >= 11 is 0. The average molecular weight is 607 g/mol. The van der Waals surface area contributed by atoms with Gasteiger partial charge in [0.2, 0.25) is 0 Å². The maximum atomic E-state index is 11.2. The summed E-state index contributed by atoms with van der Waals surface area (Å²) in [7, 11) is 0. The van der Waals surface area contributed by atoms with Gasteiger partial charge in [-0.3, -0.25) is 0 Å². The van der Waals surface area contributed by atoms with Gasteiger partial charge in [-0.05, 0) is 36.8 Å². The molecule has 0 saturated heterocycles. The quantitative estimate of drug-likeness (QED) is 0.111. The predicted octanol–water partition coefficient (Wildman–Crippen LogP) is 9.66. The first-order valence-electron chi connectivity index (χ1n) is 15.2. The summed E-state index contributed by atoms with van der Waals surface area (Å²) in [6.45, 7) is 4.52. The normalized spacial score (nSPS) is 10.4. The molecule has 2 aromatic rings. The summed E-state index contributed by atoms with van der Waals surface area (Å²) in [6, 6.07) is 14.6. The van der Waals surface area contributed by atoms with Gasteiger partial charge in [-0.1, -0.05) is 165 Å². The van der Waals surface area contributed by atoms with E-state index < -0.39 is 0 Å². The summed E-state index contributed by atoms with van der Waals surface area (Å²) in [5.74, 6) is 0.284. The monoisotopic (exact) mass is 608 g/mol. The smallest absolute Gasteiger partial charge is 0.872 e. The molecule has 2 nitrogen and oxygen atoms in total. The minimum Gasteiger partial charge on any atom is -0.872 e. The molecule has 0 aromatic heterocycles. The van der Waals surface area contributed by atoms with Crippen molar-refractivity contribution in [2.75, 3.05) is 0 Å². The van der Waals surface area contributed by atoms with Crippen LogP contribution in [0.5, 0.6) is 11.5 Å². The van der Waals surface area contributed by atoms with Gasteiger partial charge in [0.25, 0.3) is 0 Å². The Labute approximate surface area is 249 Å². The Balaban J connectivity index is 0.000000682. The molecule has 37 heavy (non-hydrogen) atoms. The number of hydrogen-bond donors (Lipinski definition) is 0. The zero-order valence-corrected chi connectivity index (χ0v) is 28.3. The summed E-state index contributed by atoms with van der Waals surface area (Å²) in [4.78, 5) is 0. The summed E-state index contributed by atoms with van der Waals surface area (Å²) in [6.07, 6.45) is 26.5. The zero-order valence-electron chi connectivity index (χ0n) is 24.3. The number of unbranched alkanes of at least 4 members (excludes halogenated alkanes) is 16. The molecular formula is C34H54CdO2. The average Bonchev–Trinajstić information content (AvgIpc) is 2.87. The van der Waals surface area contributed by atoms with Crippen molar-refractivity contribution in [3.05, 3.63) is 59.7 Å². The second-order valence-corrected chi connectivity index (χ2v) is 10.5. The van der Waals surface area contributed by atoms with E-state index in [1.165, 1.54) is 127 Å². The molecule has 0 saturated carbocycles. The van der Waals surface area contributed by atoms with Crippen LogP contribution in [0, 0.1) is 0 Å². The van der Waals surface area contributed by atoms with E-state index in [1.807, 2.05) is 12.1 Å². The van der Waals surface area contributed by atoms with Gasteiger partial charge in [0.15, 0.2) is 0 Å². The fourth-order valence-corrected chi connectivity index (χ4v) is 4.68. The van der Waals surface area contributed by atoms with Crippen molar-refractivity contribution in [3.63, 3.8) is 0 Å². The van der Waals surface area contributed by atoms with Crippen molar-refractivity contribution in [1.29, 1.82) is 0 Å². The van der Waals surface area contributed by atoms with Crippen molar-refractivity contribution in [3.8, 4) is 11.5 Å². The molecule has 0 unspecified atom stereocenters. The molecule has 0 N–H and O–H groups in total. The molecule has 0 bridgehead atoms. The summed E-state index contributed by atoms with van der Waals surface area (Å²) in [5.41, 5.74) is 2.40. The van der Waals surface area contributed by atoms with Crippen molar-refractivity contribution in [1.82, 2.24) is 0 Å². The summed E-state index contributed by atoms with van der Waals surface area (Å²) < 4.78 is 0. The van der Waals surface area contributed by atoms with Gasteiger partial charge < -0.3 is 10.2 Å². The Kier molecular flexibility index (Phi) is 25.8. The Hall–Kier alpha value is -1.04. The van der Waals surface area contributed by atoms with Crippen LogP contribution >= 0.6 is 0 Å². The molecule has 0 amide bonds. The molecule has 0 atom stereocenters. The van der Waals surface area contributed by atoms with Crippen LogP contribution in [0.3, 0.4) is 0 Å². The van der Waals surface area contributed by atoms with E-state index in [1.54, 1.807) is 24.3 Å². The second-order valence-electron chi connectivity index (χ2n) is 10.5. The van der Waals surface area contributed by atoms with Gasteiger partial charge >= 0.3 is 27.3 Å². The third-order valence-corrected chi connectivity index (χ3v) is 6.93. The van der Waals surface area contributed by atoms with Crippen molar-refractivity contribution < 1.29 is 37.5 Å². The van der Waals surface area contributed by atoms with Crippen LogP contribution in [-0.4, -0.2) is 0 Å². The van der Waals surface area contributed by atoms with Gasteiger partial charge in [-0.25, -0.2) is 0 Å². The largest absolute Gasteiger partial charge is 2.00 e. The number of rotatable bonds is 20. The van der Waals surface area contributed by atoms with E-state index in [4.69, 9.17) is 0 Å². The molecule has 2 rings (SSSR count). The Morgan fingerprint density at radius 2 is 0.730 bits per heavy atom. The van der Waals surface area contributed by atoms with Crippen molar-refractivity contribution in [2.45, 2.75) is 142 Å². The van der Waals surface area contributed by atoms with E-state index in [0.29, 0.717) is 0 Å². The number of benzene rings is 2. The van der Waals surface area contributed by atoms with Crippen LogP contribution in [0.2, 0.25) is 0 Å². The van der Waals surface area contributed by atoms with E-state index in [0.717, 1.165) is 12.8 Å². The minimum absolute atomic E-state index is 0. The zero-order chi connectivity index (χ0) is 26.1. The van der Waals surface area contributed by atoms with Gasteiger partial charge in [-0.2, -0.15) is 0 Å². The van der Waals surface area contributed by atoms with Crippen molar-refractivity contribution in [2.24, 2.45) is 0 Å². The molecule has 0 aliphatic carbocycles.